The van der Waals surface area contributed by atoms with Gasteiger partial charge in [-0.05, 0) is 25.3 Å². The average molecular weight is 303 g/mol. The van der Waals surface area contributed by atoms with Crippen molar-refractivity contribution in [2.45, 2.75) is 33.2 Å². The van der Waals surface area contributed by atoms with Crippen LogP contribution in [0.1, 0.15) is 26.0 Å². The van der Waals surface area contributed by atoms with Crippen molar-refractivity contribution in [3.63, 3.8) is 0 Å². The normalized spacial score (nSPS) is 12.6. The van der Waals surface area contributed by atoms with Gasteiger partial charge in [0.15, 0.2) is 5.52 Å². The summed E-state index contributed by atoms with van der Waals surface area (Å²) in [6.45, 7) is 5.99. The number of non-ortho nitro benzene ring substituents is 1. The Morgan fingerprint density at radius 1 is 1.41 bits per heavy atom. The SMILES string of the molecule is Cc1cc(NC(CO)CC(C)C)c2cccc([N+](=O)[O-])c2n1. The van der Waals surface area contributed by atoms with Crippen LogP contribution in [0.3, 0.4) is 0 Å². The van der Waals surface area contributed by atoms with Gasteiger partial charge in [0, 0.05) is 28.9 Å². The number of pyridine rings is 1. The third-order valence-corrected chi connectivity index (χ3v) is 3.48. The molecule has 0 spiro atoms. The quantitative estimate of drug-likeness (QED) is 0.631. The van der Waals surface area contributed by atoms with Gasteiger partial charge in [-0.1, -0.05) is 26.0 Å². The van der Waals surface area contributed by atoms with Gasteiger partial charge in [-0.15, -0.1) is 0 Å². The maximum Gasteiger partial charge on any atom is 0.295 e. The zero-order valence-electron chi connectivity index (χ0n) is 13.0. The fraction of sp³-hybridized carbons (Fsp3) is 0.438. The highest BCUT2D eigenvalue weighted by atomic mass is 16.6. The number of aliphatic hydroxyl groups is 1. The van der Waals surface area contributed by atoms with Crippen LogP contribution >= 0.6 is 0 Å². The van der Waals surface area contributed by atoms with E-state index in [0.29, 0.717) is 22.5 Å². The summed E-state index contributed by atoms with van der Waals surface area (Å²) in [5.41, 5.74) is 1.83. The van der Waals surface area contributed by atoms with E-state index in [4.69, 9.17) is 0 Å². The average Bonchev–Trinajstić information content (AvgIpc) is 2.45. The van der Waals surface area contributed by atoms with Gasteiger partial charge in [-0.2, -0.15) is 0 Å². The largest absolute Gasteiger partial charge is 0.394 e. The highest BCUT2D eigenvalue weighted by molar-refractivity contribution is 5.96. The molecule has 6 nitrogen and oxygen atoms in total. The fourth-order valence-electron chi connectivity index (χ4n) is 2.60. The van der Waals surface area contributed by atoms with Crippen LogP contribution in [0.25, 0.3) is 10.9 Å². The number of aryl methyl sites for hydroxylation is 1. The van der Waals surface area contributed by atoms with E-state index in [-0.39, 0.29) is 18.3 Å². The standard InChI is InChI=1S/C16H21N3O3/c1-10(2)7-12(9-20)18-14-8-11(3)17-16-13(14)5-4-6-15(16)19(21)22/h4-6,8,10,12,20H,7,9H2,1-3H3,(H,17,18). The summed E-state index contributed by atoms with van der Waals surface area (Å²) >= 11 is 0. The van der Waals surface area contributed by atoms with Crippen molar-refractivity contribution < 1.29 is 10.0 Å². The molecular formula is C16H21N3O3. The number of anilines is 1. The summed E-state index contributed by atoms with van der Waals surface area (Å²) in [6, 6.07) is 6.68. The van der Waals surface area contributed by atoms with E-state index in [0.717, 1.165) is 12.1 Å². The number of hydrogen-bond acceptors (Lipinski definition) is 5. The summed E-state index contributed by atoms with van der Waals surface area (Å²) in [4.78, 5) is 15.1. The van der Waals surface area contributed by atoms with Crippen molar-refractivity contribution in [3.05, 3.63) is 40.1 Å². The van der Waals surface area contributed by atoms with Crippen LogP contribution in [0.4, 0.5) is 11.4 Å². The molecule has 1 aromatic heterocycles. The summed E-state index contributed by atoms with van der Waals surface area (Å²) in [6.07, 6.45) is 0.814. The fourth-order valence-corrected chi connectivity index (χ4v) is 2.60. The van der Waals surface area contributed by atoms with E-state index in [1.54, 1.807) is 19.1 Å². The molecule has 0 radical (unpaired) electrons. The number of para-hydroxylation sites is 1. The van der Waals surface area contributed by atoms with Crippen molar-refractivity contribution >= 4 is 22.3 Å². The molecule has 1 heterocycles. The number of aromatic nitrogens is 1. The Morgan fingerprint density at radius 3 is 2.73 bits per heavy atom. The van der Waals surface area contributed by atoms with Crippen LogP contribution in [0.5, 0.6) is 0 Å². The Bertz CT molecular complexity index is 686. The van der Waals surface area contributed by atoms with Gasteiger partial charge in [0.1, 0.15) is 0 Å². The van der Waals surface area contributed by atoms with E-state index in [9.17, 15) is 15.2 Å². The molecular weight excluding hydrogens is 282 g/mol. The van der Waals surface area contributed by atoms with Gasteiger partial charge in [0.25, 0.3) is 5.69 Å². The van der Waals surface area contributed by atoms with Gasteiger partial charge in [-0.25, -0.2) is 4.98 Å². The summed E-state index contributed by atoms with van der Waals surface area (Å²) < 4.78 is 0. The second-order valence-electron chi connectivity index (χ2n) is 5.89. The number of nitrogens with one attached hydrogen (secondary N) is 1. The molecule has 1 unspecified atom stereocenters. The van der Waals surface area contributed by atoms with E-state index < -0.39 is 4.92 Å². The minimum Gasteiger partial charge on any atom is -0.394 e. The van der Waals surface area contributed by atoms with Crippen molar-refractivity contribution in [2.75, 3.05) is 11.9 Å². The molecule has 6 heteroatoms. The first-order valence-electron chi connectivity index (χ1n) is 7.34. The lowest BCUT2D eigenvalue weighted by molar-refractivity contribution is -0.383. The van der Waals surface area contributed by atoms with E-state index >= 15 is 0 Å². The van der Waals surface area contributed by atoms with Crippen LogP contribution < -0.4 is 5.32 Å². The Labute approximate surface area is 129 Å². The number of fused-ring (bicyclic) bond motifs is 1. The van der Waals surface area contributed by atoms with Gasteiger partial charge in [-0.3, -0.25) is 10.1 Å². The highest BCUT2D eigenvalue weighted by Gasteiger charge is 2.17. The lowest BCUT2D eigenvalue weighted by Gasteiger charge is -2.20. The molecule has 0 bridgehead atoms. The summed E-state index contributed by atoms with van der Waals surface area (Å²) in [7, 11) is 0. The number of benzene rings is 1. The topological polar surface area (TPSA) is 88.3 Å². The Hall–Kier alpha value is -2.21. The Kier molecular flexibility index (Phi) is 4.92. The Morgan fingerprint density at radius 2 is 2.14 bits per heavy atom. The zero-order chi connectivity index (χ0) is 16.3. The predicted molar refractivity (Wildman–Crippen MR) is 87.1 cm³/mol. The van der Waals surface area contributed by atoms with E-state index in [1.807, 2.05) is 6.07 Å². The third-order valence-electron chi connectivity index (χ3n) is 3.48. The maximum atomic E-state index is 11.2. The molecule has 0 aliphatic heterocycles. The highest BCUT2D eigenvalue weighted by Crippen LogP contribution is 2.30. The summed E-state index contributed by atoms with van der Waals surface area (Å²) in [5.74, 6) is 0.438. The second kappa shape index (κ2) is 6.70. The van der Waals surface area contributed by atoms with Crippen molar-refractivity contribution in [2.24, 2.45) is 5.92 Å². The second-order valence-corrected chi connectivity index (χ2v) is 5.89. The van der Waals surface area contributed by atoms with Crippen LogP contribution in [0, 0.1) is 23.0 Å². The lowest BCUT2D eigenvalue weighted by atomic mass is 10.0. The van der Waals surface area contributed by atoms with Crippen LogP contribution in [-0.4, -0.2) is 27.7 Å². The number of nitro groups is 1. The minimum atomic E-state index is -0.420. The third kappa shape index (κ3) is 3.51. The first-order chi connectivity index (χ1) is 10.4. The number of rotatable bonds is 6. The molecule has 0 fully saturated rings. The first-order valence-corrected chi connectivity index (χ1v) is 7.34. The Balaban J connectivity index is 2.49. The molecule has 0 saturated carbocycles. The number of nitro benzene ring substituents is 1. The maximum absolute atomic E-state index is 11.2. The van der Waals surface area contributed by atoms with E-state index in [2.05, 4.69) is 24.1 Å². The van der Waals surface area contributed by atoms with Crippen LogP contribution in [0.2, 0.25) is 0 Å². The molecule has 0 aliphatic rings. The van der Waals surface area contributed by atoms with Crippen molar-refractivity contribution in [1.82, 2.24) is 4.98 Å². The van der Waals surface area contributed by atoms with Gasteiger partial charge in [0.05, 0.1) is 11.5 Å². The molecule has 118 valence electrons. The molecule has 2 N–H and O–H groups in total. The smallest absolute Gasteiger partial charge is 0.295 e. The number of hydrogen-bond donors (Lipinski definition) is 2. The molecule has 2 rings (SSSR count). The number of aliphatic hydroxyl groups excluding tert-OH is 1. The minimum absolute atomic E-state index is 0.00587. The van der Waals surface area contributed by atoms with Crippen molar-refractivity contribution in [1.29, 1.82) is 0 Å². The summed E-state index contributed by atoms with van der Waals surface area (Å²) in [5, 5.41) is 24.7. The predicted octanol–water partition coefficient (Wildman–Crippen LogP) is 3.27. The zero-order valence-corrected chi connectivity index (χ0v) is 13.0. The van der Waals surface area contributed by atoms with E-state index in [1.165, 1.54) is 6.07 Å². The molecule has 0 amide bonds. The molecule has 22 heavy (non-hydrogen) atoms. The monoisotopic (exact) mass is 303 g/mol. The molecule has 0 aliphatic carbocycles. The molecule has 1 aromatic carbocycles. The lowest BCUT2D eigenvalue weighted by Crippen LogP contribution is -2.25. The van der Waals surface area contributed by atoms with Crippen LogP contribution in [0.15, 0.2) is 24.3 Å². The van der Waals surface area contributed by atoms with Gasteiger partial charge >= 0.3 is 0 Å². The number of nitrogens with zero attached hydrogens (tertiary/aromatic N) is 2. The molecule has 2 aromatic rings. The van der Waals surface area contributed by atoms with Crippen molar-refractivity contribution in [3.8, 4) is 0 Å². The molecule has 0 saturated heterocycles. The van der Waals surface area contributed by atoms with Crippen LogP contribution in [-0.2, 0) is 0 Å². The first kappa shape index (κ1) is 16.2. The van der Waals surface area contributed by atoms with Gasteiger partial charge < -0.3 is 10.4 Å². The van der Waals surface area contributed by atoms with Gasteiger partial charge in [0.2, 0.25) is 0 Å². The molecule has 1 atom stereocenters.